The predicted octanol–water partition coefficient (Wildman–Crippen LogP) is 2.27. The Morgan fingerprint density at radius 1 is 1.47 bits per heavy atom. The van der Waals surface area contributed by atoms with Crippen LogP contribution in [0.1, 0.15) is 26.2 Å². The molecule has 102 valence electrons. The molecule has 0 radical (unpaired) electrons. The van der Waals surface area contributed by atoms with E-state index in [2.05, 4.69) is 22.4 Å². The summed E-state index contributed by atoms with van der Waals surface area (Å²) in [7, 11) is 0. The Kier molecular flexibility index (Phi) is 4.52. The molecule has 1 amide bonds. The molecule has 1 unspecified atom stereocenters. The Hall–Kier alpha value is -1.88. The van der Waals surface area contributed by atoms with Crippen LogP contribution in [0.15, 0.2) is 24.4 Å². The average molecular weight is 260 g/mol. The normalized spacial score (nSPS) is 12.5. The lowest BCUT2D eigenvalue weighted by Crippen LogP contribution is -2.14. The molecule has 2 rings (SSSR count). The summed E-state index contributed by atoms with van der Waals surface area (Å²) in [5, 5.41) is 10.7. The molecule has 0 bridgehead atoms. The Morgan fingerprint density at radius 3 is 3.11 bits per heavy atom. The fourth-order valence-corrected chi connectivity index (χ4v) is 2.10. The second kappa shape index (κ2) is 6.33. The third-order valence-electron chi connectivity index (χ3n) is 3.28. The van der Waals surface area contributed by atoms with E-state index in [4.69, 9.17) is 5.73 Å². The molecule has 4 N–H and O–H groups in total. The Balaban J connectivity index is 1.93. The molecular formula is C14H20N4O. The van der Waals surface area contributed by atoms with E-state index in [1.54, 1.807) is 6.20 Å². The van der Waals surface area contributed by atoms with Gasteiger partial charge in [-0.25, -0.2) is 0 Å². The van der Waals surface area contributed by atoms with Crippen molar-refractivity contribution in [2.75, 3.05) is 11.9 Å². The maximum absolute atomic E-state index is 11.9. The standard InChI is InChI=1S/C14H20N4O/c1-10(7-8-15)5-6-14(19)17-12-3-2-4-13-11(12)9-16-18-13/h2-4,9-10H,5-8,15H2,1H3,(H,16,18)(H,17,19). The first kappa shape index (κ1) is 13.5. The maximum Gasteiger partial charge on any atom is 0.224 e. The second-order valence-electron chi connectivity index (χ2n) is 4.91. The molecule has 0 aliphatic rings. The number of nitrogens with one attached hydrogen (secondary N) is 2. The van der Waals surface area contributed by atoms with E-state index in [1.165, 1.54) is 0 Å². The van der Waals surface area contributed by atoms with Gasteiger partial charge in [0, 0.05) is 11.8 Å². The van der Waals surface area contributed by atoms with Crippen molar-refractivity contribution in [2.24, 2.45) is 11.7 Å². The van der Waals surface area contributed by atoms with Crippen molar-refractivity contribution in [2.45, 2.75) is 26.2 Å². The lowest BCUT2D eigenvalue weighted by atomic mass is 10.0. The van der Waals surface area contributed by atoms with E-state index >= 15 is 0 Å². The van der Waals surface area contributed by atoms with Gasteiger partial charge in [0.05, 0.1) is 17.4 Å². The summed E-state index contributed by atoms with van der Waals surface area (Å²) in [5.74, 6) is 0.526. The summed E-state index contributed by atoms with van der Waals surface area (Å²) in [4.78, 5) is 11.9. The highest BCUT2D eigenvalue weighted by atomic mass is 16.1. The third kappa shape index (κ3) is 3.54. The zero-order chi connectivity index (χ0) is 13.7. The first-order valence-corrected chi connectivity index (χ1v) is 6.62. The summed E-state index contributed by atoms with van der Waals surface area (Å²) >= 11 is 0. The highest BCUT2D eigenvalue weighted by Gasteiger charge is 2.09. The summed E-state index contributed by atoms with van der Waals surface area (Å²) in [5.41, 5.74) is 7.23. The number of benzene rings is 1. The van der Waals surface area contributed by atoms with Crippen LogP contribution >= 0.6 is 0 Å². The van der Waals surface area contributed by atoms with E-state index in [0.717, 1.165) is 29.4 Å². The van der Waals surface area contributed by atoms with Crippen LogP contribution < -0.4 is 11.1 Å². The van der Waals surface area contributed by atoms with E-state index in [9.17, 15) is 4.79 Å². The smallest absolute Gasteiger partial charge is 0.224 e. The van der Waals surface area contributed by atoms with Crippen LogP contribution in [0.4, 0.5) is 5.69 Å². The summed E-state index contributed by atoms with van der Waals surface area (Å²) in [6.45, 7) is 2.80. The molecular weight excluding hydrogens is 240 g/mol. The number of anilines is 1. The van der Waals surface area contributed by atoms with E-state index in [0.29, 0.717) is 18.9 Å². The molecule has 0 saturated heterocycles. The number of nitrogens with two attached hydrogens (primary N) is 1. The van der Waals surface area contributed by atoms with Gasteiger partial charge in [-0.05, 0) is 37.4 Å². The minimum absolute atomic E-state index is 0.0394. The molecule has 0 saturated carbocycles. The molecule has 19 heavy (non-hydrogen) atoms. The van der Waals surface area contributed by atoms with Crippen molar-refractivity contribution >= 4 is 22.5 Å². The lowest BCUT2D eigenvalue weighted by molar-refractivity contribution is -0.116. The summed E-state index contributed by atoms with van der Waals surface area (Å²) in [6, 6.07) is 5.72. The van der Waals surface area contributed by atoms with Gasteiger partial charge >= 0.3 is 0 Å². The second-order valence-corrected chi connectivity index (χ2v) is 4.91. The number of aromatic amines is 1. The average Bonchev–Trinajstić information content (AvgIpc) is 2.86. The van der Waals surface area contributed by atoms with Gasteiger partial charge in [-0.1, -0.05) is 13.0 Å². The lowest BCUT2D eigenvalue weighted by Gasteiger charge is -2.10. The molecule has 2 aromatic rings. The zero-order valence-corrected chi connectivity index (χ0v) is 11.1. The van der Waals surface area contributed by atoms with Crippen LogP contribution in [0.3, 0.4) is 0 Å². The van der Waals surface area contributed by atoms with Crippen LogP contribution in [-0.2, 0) is 4.79 Å². The maximum atomic E-state index is 11.9. The quantitative estimate of drug-likeness (QED) is 0.745. The van der Waals surface area contributed by atoms with Crippen LogP contribution in [-0.4, -0.2) is 22.6 Å². The fourth-order valence-electron chi connectivity index (χ4n) is 2.10. The minimum Gasteiger partial charge on any atom is -0.330 e. The largest absolute Gasteiger partial charge is 0.330 e. The molecule has 1 atom stereocenters. The molecule has 1 aromatic heterocycles. The van der Waals surface area contributed by atoms with Gasteiger partial charge in [0.25, 0.3) is 0 Å². The first-order valence-electron chi connectivity index (χ1n) is 6.62. The summed E-state index contributed by atoms with van der Waals surface area (Å²) in [6.07, 6.45) is 4.08. The number of H-pyrrole nitrogens is 1. The van der Waals surface area contributed by atoms with Gasteiger partial charge in [0.15, 0.2) is 0 Å². The topological polar surface area (TPSA) is 83.8 Å². The van der Waals surface area contributed by atoms with Crippen molar-refractivity contribution in [3.05, 3.63) is 24.4 Å². The molecule has 0 fully saturated rings. The highest BCUT2D eigenvalue weighted by molar-refractivity contribution is 6.00. The minimum atomic E-state index is 0.0394. The van der Waals surface area contributed by atoms with Crippen molar-refractivity contribution < 1.29 is 4.79 Å². The van der Waals surface area contributed by atoms with Crippen molar-refractivity contribution in [3.63, 3.8) is 0 Å². The molecule has 0 aliphatic carbocycles. The molecule has 1 aromatic carbocycles. The van der Waals surface area contributed by atoms with Gasteiger partial charge in [-0.3, -0.25) is 9.89 Å². The van der Waals surface area contributed by atoms with Crippen LogP contribution in [0.25, 0.3) is 10.9 Å². The van der Waals surface area contributed by atoms with Gasteiger partial charge in [-0.15, -0.1) is 0 Å². The number of aromatic nitrogens is 2. The number of hydrogen-bond donors (Lipinski definition) is 3. The zero-order valence-electron chi connectivity index (χ0n) is 11.1. The van der Waals surface area contributed by atoms with E-state index in [1.807, 2.05) is 18.2 Å². The molecule has 5 nitrogen and oxygen atoms in total. The fraction of sp³-hybridized carbons (Fsp3) is 0.429. The van der Waals surface area contributed by atoms with E-state index < -0.39 is 0 Å². The van der Waals surface area contributed by atoms with Gasteiger partial charge in [0.2, 0.25) is 5.91 Å². The number of rotatable bonds is 6. The number of fused-ring (bicyclic) bond motifs is 1. The number of carbonyl (C=O) groups is 1. The Bertz CT molecular complexity index is 549. The number of nitrogens with zero attached hydrogens (tertiary/aromatic N) is 1. The predicted molar refractivity (Wildman–Crippen MR) is 76.8 cm³/mol. The highest BCUT2D eigenvalue weighted by Crippen LogP contribution is 2.21. The van der Waals surface area contributed by atoms with Crippen LogP contribution in [0, 0.1) is 5.92 Å². The monoisotopic (exact) mass is 260 g/mol. The van der Waals surface area contributed by atoms with Crippen molar-refractivity contribution in [1.29, 1.82) is 0 Å². The number of carbonyl (C=O) groups excluding carboxylic acids is 1. The summed E-state index contributed by atoms with van der Waals surface area (Å²) < 4.78 is 0. The molecule has 0 aliphatic heterocycles. The van der Waals surface area contributed by atoms with Gasteiger partial charge < -0.3 is 11.1 Å². The van der Waals surface area contributed by atoms with Crippen molar-refractivity contribution in [3.8, 4) is 0 Å². The third-order valence-corrected chi connectivity index (χ3v) is 3.28. The molecule has 0 spiro atoms. The van der Waals surface area contributed by atoms with Crippen LogP contribution in [0.2, 0.25) is 0 Å². The number of amides is 1. The van der Waals surface area contributed by atoms with Crippen LogP contribution in [0.5, 0.6) is 0 Å². The first-order chi connectivity index (χ1) is 9.20. The Labute approximate surface area is 112 Å². The van der Waals surface area contributed by atoms with Gasteiger partial charge in [0.1, 0.15) is 0 Å². The molecule has 1 heterocycles. The Morgan fingerprint density at radius 2 is 2.32 bits per heavy atom. The SMILES string of the molecule is CC(CCN)CCC(=O)Nc1cccc2[nH]ncc12. The van der Waals surface area contributed by atoms with E-state index in [-0.39, 0.29) is 5.91 Å². The molecule has 5 heteroatoms. The van der Waals surface area contributed by atoms with Gasteiger partial charge in [-0.2, -0.15) is 5.10 Å². The number of hydrogen-bond acceptors (Lipinski definition) is 3. The van der Waals surface area contributed by atoms with Crippen molar-refractivity contribution in [1.82, 2.24) is 10.2 Å².